The lowest BCUT2D eigenvalue weighted by atomic mass is 10.2. The third kappa shape index (κ3) is 3.34. The Hall–Kier alpha value is -2.18. The van der Waals surface area contributed by atoms with E-state index >= 15 is 0 Å². The summed E-state index contributed by atoms with van der Waals surface area (Å²) in [7, 11) is 0. The molecule has 124 valence electrons. The summed E-state index contributed by atoms with van der Waals surface area (Å²) in [5, 5.41) is 7.07. The number of amides is 1. The van der Waals surface area contributed by atoms with Crippen molar-refractivity contribution >= 4 is 34.0 Å². The first kappa shape index (κ1) is 15.4. The zero-order valence-corrected chi connectivity index (χ0v) is 14.1. The van der Waals surface area contributed by atoms with Gasteiger partial charge in [-0.2, -0.15) is 11.3 Å². The summed E-state index contributed by atoms with van der Waals surface area (Å²) < 4.78 is 5.67. The first-order valence-electron chi connectivity index (χ1n) is 8.20. The van der Waals surface area contributed by atoms with Crippen LogP contribution in [-0.2, 0) is 16.0 Å². The van der Waals surface area contributed by atoms with Crippen molar-refractivity contribution in [3.63, 3.8) is 0 Å². The molecule has 6 heteroatoms. The van der Waals surface area contributed by atoms with Gasteiger partial charge >= 0.3 is 0 Å². The summed E-state index contributed by atoms with van der Waals surface area (Å²) >= 11 is 1.66. The smallest absolute Gasteiger partial charge is 0.224 e. The molecule has 0 bridgehead atoms. The van der Waals surface area contributed by atoms with E-state index in [1.807, 2.05) is 23.6 Å². The van der Waals surface area contributed by atoms with E-state index in [0.717, 1.165) is 48.4 Å². The highest BCUT2D eigenvalue weighted by atomic mass is 32.1. The molecule has 1 amide bonds. The Morgan fingerprint density at radius 2 is 2.38 bits per heavy atom. The maximum atomic E-state index is 12.1. The van der Waals surface area contributed by atoms with E-state index in [0.29, 0.717) is 6.42 Å². The van der Waals surface area contributed by atoms with Gasteiger partial charge in [-0.3, -0.25) is 4.79 Å². The van der Waals surface area contributed by atoms with Gasteiger partial charge in [0.15, 0.2) is 0 Å². The molecule has 1 aliphatic rings. The molecule has 3 aromatic rings. The summed E-state index contributed by atoms with van der Waals surface area (Å²) in [6, 6.07) is 7.81. The molecule has 1 aromatic carbocycles. The van der Waals surface area contributed by atoms with Crippen LogP contribution < -0.4 is 5.32 Å². The average molecular weight is 341 g/mol. The first-order valence-corrected chi connectivity index (χ1v) is 9.14. The third-order valence-electron chi connectivity index (χ3n) is 4.24. The number of carbonyl (C=O) groups is 1. The number of fused-ring (bicyclic) bond motifs is 1. The number of aryl methyl sites for hydroxylation is 1. The lowest BCUT2D eigenvalue weighted by molar-refractivity contribution is -0.116. The van der Waals surface area contributed by atoms with Crippen molar-refractivity contribution in [1.82, 2.24) is 9.97 Å². The topological polar surface area (TPSA) is 67.0 Å². The quantitative estimate of drug-likeness (QED) is 0.736. The van der Waals surface area contributed by atoms with E-state index in [9.17, 15) is 4.79 Å². The molecule has 24 heavy (non-hydrogen) atoms. The van der Waals surface area contributed by atoms with Gasteiger partial charge in [0.2, 0.25) is 5.91 Å². The number of aromatic nitrogens is 2. The van der Waals surface area contributed by atoms with Gasteiger partial charge in [0.05, 0.1) is 11.0 Å². The number of hydrogen-bond acceptors (Lipinski definition) is 4. The van der Waals surface area contributed by atoms with E-state index in [-0.39, 0.29) is 12.0 Å². The van der Waals surface area contributed by atoms with Gasteiger partial charge in [-0.15, -0.1) is 0 Å². The van der Waals surface area contributed by atoms with Gasteiger partial charge in [-0.1, -0.05) is 0 Å². The number of benzene rings is 1. The average Bonchev–Trinajstić information content (AvgIpc) is 3.32. The molecule has 1 fully saturated rings. The van der Waals surface area contributed by atoms with Crippen LogP contribution in [0.25, 0.3) is 11.0 Å². The number of thiophene rings is 1. The highest BCUT2D eigenvalue weighted by Crippen LogP contribution is 2.28. The molecule has 4 rings (SSSR count). The lowest BCUT2D eigenvalue weighted by Gasteiger charge is -2.04. The summed E-state index contributed by atoms with van der Waals surface area (Å²) in [6.07, 6.45) is 3.41. The second-order valence-electron chi connectivity index (χ2n) is 6.04. The Morgan fingerprint density at radius 1 is 1.42 bits per heavy atom. The number of nitrogens with zero attached hydrogens (tertiary/aromatic N) is 1. The van der Waals surface area contributed by atoms with Crippen LogP contribution in [0.3, 0.4) is 0 Å². The summed E-state index contributed by atoms with van der Waals surface area (Å²) in [6.45, 7) is 0.799. The van der Waals surface area contributed by atoms with E-state index in [1.165, 1.54) is 5.56 Å². The van der Waals surface area contributed by atoms with Crippen molar-refractivity contribution in [3.05, 3.63) is 46.4 Å². The minimum atomic E-state index is 0.0272. The maximum Gasteiger partial charge on any atom is 0.224 e. The van der Waals surface area contributed by atoms with Crippen molar-refractivity contribution in [1.29, 1.82) is 0 Å². The molecular formula is C18H19N3O2S. The molecule has 0 saturated carbocycles. The van der Waals surface area contributed by atoms with Gasteiger partial charge in [-0.25, -0.2) is 4.98 Å². The zero-order chi connectivity index (χ0) is 16.4. The van der Waals surface area contributed by atoms with Gasteiger partial charge in [-0.05, 0) is 59.9 Å². The molecule has 1 saturated heterocycles. The van der Waals surface area contributed by atoms with E-state index < -0.39 is 0 Å². The Bertz CT molecular complexity index is 835. The van der Waals surface area contributed by atoms with E-state index in [4.69, 9.17) is 4.74 Å². The molecule has 0 unspecified atom stereocenters. The van der Waals surface area contributed by atoms with Crippen LogP contribution in [0, 0.1) is 0 Å². The maximum absolute atomic E-state index is 12.1. The normalized spacial score (nSPS) is 17.4. The Balaban J connectivity index is 1.43. The van der Waals surface area contributed by atoms with Crippen LogP contribution in [0.5, 0.6) is 0 Å². The van der Waals surface area contributed by atoms with Crippen LogP contribution in [0.4, 0.5) is 5.69 Å². The number of ether oxygens (including phenoxy) is 1. The highest BCUT2D eigenvalue weighted by Gasteiger charge is 2.21. The molecule has 2 aromatic heterocycles. The Morgan fingerprint density at radius 3 is 3.17 bits per heavy atom. The van der Waals surface area contributed by atoms with Crippen molar-refractivity contribution in [2.24, 2.45) is 0 Å². The van der Waals surface area contributed by atoms with E-state index in [2.05, 4.69) is 26.7 Å². The van der Waals surface area contributed by atoms with Crippen molar-refractivity contribution in [3.8, 4) is 0 Å². The van der Waals surface area contributed by atoms with Crippen LogP contribution in [0.1, 0.15) is 36.8 Å². The fraction of sp³-hybridized carbons (Fsp3) is 0.333. The van der Waals surface area contributed by atoms with Gasteiger partial charge in [0, 0.05) is 18.7 Å². The third-order valence-corrected chi connectivity index (χ3v) is 4.97. The fourth-order valence-corrected chi connectivity index (χ4v) is 3.67. The number of carbonyl (C=O) groups excluding carboxylic acids is 1. The van der Waals surface area contributed by atoms with Gasteiger partial charge < -0.3 is 15.0 Å². The number of rotatable bonds is 5. The number of H-pyrrole nitrogens is 1. The van der Waals surface area contributed by atoms with Gasteiger partial charge in [0.1, 0.15) is 11.9 Å². The van der Waals surface area contributed by atoms with Crippen LogP contribution in [0.2, 0.25) is 0 Å². The van der Waals surface area contributed by atoms with E-state index in [1.54, 1.807) is 11.3 Å². The zero-order valence-electron chi connectivity index (χ0n) is 13.2. The van der Waals surface area contributed by atoms with Crippen molar-refractivity contribution < 1.29 is 9.53 Å². The summed E-state index contributed by atoms with van der Waals surface area (Å²) in [5.74, 6) is 0.905. The highest BCUT2D eigenvalue weighted by molar-refractivity contribution is 7.07. The fourth-order valence-electron chi connectivity index (χ4n) is 2.97. The number of nitrogens with one attached hydrogen (secondary N) is 2. The monoisotopic (exact) mass is 341 g/mol. The minimum Gasteiger partial charge on any atom is -0.370 e. The molecule has 1 atom stereocenters. The number of imidazole rings is 1. The summed E-state index contributed by atoms with van der Waals surface area (Å²) in [5.41, 5.74) is 3.83. The number of hydrogen-bond donors (Lipinski definition) is 2. The van der Waals surface area contributed by atoms with Crippen molar-refractivity contribution in [2.45, 2.75) is 31.8 Å². The Kier molecular flexibility index (Phi) is 4.32. The second kappa shape index (κ2) is 6.75. The van der Waals surface area contributed by atoms with Crippen LogP contribution in [-0.4, -0.2) is 22.5 Å². The molecular weight excluding hydrogens is 322 g/mol. The molecule has 2 N–H and O–H groups in total. The predicted molar refractivity (Wildman–Crippen MR) is 95.3 cm³/mol. The first-order chi connectivity index (χ1) is 11.8. The molecule has 5 nitrogen and oxygen atoms in total. The van der Waals surface area contributed by atoms with Crippen molar-refractivity contribution in [2.75, 3.05) is 11.9 Å². The predicted octanol–water partition coefficient (Wildman–Crippen LogP) is 4.05. The molecule has 0 aliphatic carbocycles. The molecule has 0 radical (unpaired) electrons. The Labute approximate surface area is 144 Å². The van der Waals surface area contributed by atoms with Crippen LogP contribution in [0.15, 0.2) is 35.0 Å². The molecule has 0 spiro atoms. The largest absolute Gasteiger partial charge is 0.370 e. The summed E-state index contributed by atoms with van der Waals surface area (Å²) in [4.78, 5) is 20.0. The minimum absolute atomic E-state index is 0.0272. The number of aromatic amines is 1. The molecule has 3 heterocycles. The SMILES string of the molecule is O=C(CCc1ccsc1)Nc1ccc2nc([C@@H]3CCCO3)[nH]c2c1. The standard InChI is InChI=1S/C18H19N3O2S/c22-17(6-3-12-7-9-24-11-12)19-13-4-5-14-15(10-13)21-18(20-14)16-2-1-8-23-16/h4-5,7,9-11,16H,1-3,6,8H2,(H,19,22)(H,20,21)/t16-/m0/s1. The molecule has 1 aliphatic heterocycles. The second-order valence-corrected chi connectivity index (χ2v) is 6.82. The number of anilines is 1. The lowest BCUT2D eigenvalue weighted by Crippen LogP contribution is -2.12. The van der Waals surface area contributed by atoms with Gasteiger partial charge in [0.25, 0.3) is 0 Å². The van der Waals surface area contributed by atoms with Crippen LogP contribution >= 0.6 is 11.3 Å².